The zero-order valence-corrected chi connectivity index (χ0v) is 22.1. The first-order valence-corrected chi connectivity index (χ1v) is 11.9. The minimum Gasteiger partial charge on any atom is -0.508 e. The number of benzene rings is 2. The number of ether oxygens (including phenoxy) is 2. The number of amides is 3. The van der Waals surface area contributed by atoms with Gasteiger partial charge in [-0.2, -0.15) is 0 Å². The van der Waals surface area contributed by atoms with Gasteiger partial charge in [0.1, 0.15) is 29.2 Å². The zero-order valence-electron chi connectivity index (χ0n) is 22.1. The molecule has 3 unspecified atom stereocenters. The normalized spacial score (nSPS) is 13.3. The highest BCUT2D eigenvalue weighted by atomic mass is 16.6. The van der Waals surface area contributed by atoms with Gasteiger partial charge in [0, 0.05) is 11.7 Å². The van der Waals surface area contributed by atoms with Crippen LogP contribution in [0.5, 0.6) is 11.5 Å². The van der Waals surface area contributed by atoms with Crippen LogP contribution in [0.15, 0.2) is 48.5 Å². The summed E-state index contributed by atoms with van der Waals surface area (Å²) in [5.74, 6) is -0.951. The Morgan fingerprint density at radius 2 is 1.68 bits per heavy atom. The molecular weight excluding hydrogens is 474 g/mol. The molecule has 198 valence electrons. The van der Waals surface area contributed by atoms with Crippen molar-refractivity contribution in [3.63, 3.8) is 0 Å². The minimum absolute atomic E-state index is 0.0132. The lowest BCUT2D eigenvalue weighted by Gasteiger charge is -2.32. The van der Waals surface area contributed by atoms with Gasteiger partial charge in [0.25, 0.3) is 11.8 Å². The summed E-state index contributed by atoms with van der Waals surface area (Å²) in [6, 6.07) is 12.5. The summed E-state index contributed by atoms with van der Waals surface area (Å²) < 4.78 is 10.5. The number of carbonyl (C=O) groups excluding carboxylic acids is 3. The van der Waals surface area contributed by atoms with E-state index >= 15 is 0 Å². The molecule has 0 aromatic heterocycles. The summed E-state index contributed by atoms with van der Waals surface area (Å²) in [5.41, 5.74) is 0.0609. The Kier molecular flexibility index (Phi) is 9.95. The fourth-order valence-corrected chi connectivity index (χ4v) is 3.49. The van der Waals surface area contributed by atoms with Gasteiger partial charge in [-0.3, -0.25) is 14.5 Å². The third-order valence-corrected chi connectivity index (χ3v) is 5.60. The number of hydrogen-bond acceptors (Lipinski definition) is 6. The lowest BCUT2D eigenvalue weighted by Crippen LogP contribution is -2.53. The number of carbonyl (C=O) groups is 3. The van der Waals surface area contributed by atoms with Crippen molar-refractivity contribution in [3.8, 4) is 24.0 Å². The maximum Gasteiger partial charge on any atom is 0.408 e. The number of rotatable bonds is 9. The molecule has 0 aliphatic rings. The van der Waals surface area contributed by atoms with E-state index < -0.39 is 35.6 Å². The second kappa shape index (κ2) is 12.7. The van der Waals surface area contributed by atoms with Gasteiger partial charge >= 0.3 is 6.09 Å². The quantitative estimate of drug-likeness (QED) is 0.340. The highest BCUT2D eigenvalue weighted by molar-refractivity contribution is 5.99. The van der Waals surface area contributed by atoms with Crippen molar-refractivity contribution in [2.24, 2.45) is 5.92 Å². The molecule has 0 aliphatic heterocycles. The van der Waals surface area contributed by atoms with Gasteiger partial charge in [0.05, 0.1) is 7.11 Å². The monoisotopic (exact) mass is 509 g/mol. The van der Waals surface area contributed by atoms with Crippen molar-refractivity contribution in [3.05, 3.63) is 54.1 Å². The molecule has 9 heteroatoms. The van der Waals surface area contributed by atoms with Crippen LogP contribution < -0.4 is 15.4 Å². The molecule has 3 N–H and O–H groups in total. The lowest BCUT2D eigenvalue weighted by atomic mass is 9.96. The smallest absolute Gasteiger partial charge is 0.408 e. The zero-order chi connectivity index (χ0) is 27.8. The maximum absolute atomic E-state index is 13.8. The van der Waals surface area contributed by atoms with Crippen molar-refractivity contribution >= 4 is 23.6 Å². The molecule has 0 fully saturated rings. The van der Waals surface area contributed by atoms with Gasteiger partial charge in [-0.25, -0.2) is 4.79 Å². The van der Waals surface area contributed by atoms with E-state index in [-0.39, 0.29) is 11.7 Å². The van der Waals surface area contributed by atoms with Crippen LogP contribution >= 0.6 is 0 Å². The van der Waals surface area contributed by atoms with E-state index in [2.05, 4.69) is 16.7 Å². The van der Waals surface area contributed by atoms with Gasteiger partial charge in [-0.05, 0) is 68.7 Å². The van der Waals surface area contributed by atoms with Gasteiger partial charge in [-0.15, -0.1) is 0 Å². The number of alkyl carbamates (subject to hydrolysis) is 1. The van der Waals surface area contributed by atoms with Gasteiger partial charge in [0.15, 0.2) is 0 Å². The molecule has 0 heterocycles. The fraction of sp³-hybridized carbons (Fsp3) is 0.393. The Morgan fingerprint density at radius 3 is 2.16 bits per heavy atom. The Labute approximate surface area is 218 Å². The molecule has 3 amide bonds. The first-order chi connectivity index (χ1) is 17.4. The van der Waals surface area contributed by atoms with E-state index in [1.54, 1.807) is 52.0 Å². The molecule has 0 saturated carbocycles. The lowest BCUT2D eigenvalue weighted by molar-refractivity contribution is -0.137. The SMILES string of the molecule is C#CN(C(=O)C(NC(=O)OC(C)(C)C)C(C)CC)C(C(=O)Nc1ccc(OC)cc1)c1ccc(O)cc1. The van der Waals surface area contributed by atoms with Crippen LogP contribution in [0.1, 0.15) is 52.6 Å². The van der Waals surface area contributed by atoms with Gasteiger partial charge in [0.2, 0.25) is 0 Å². The number of nitrogens with one attached hydrogen (secondary N) is 2. The van der Waals surface area contributed by atoms with Crippen molar-refractivity contribution in [2.45, 2.75) is 58.7 Å². The molecule has 3 atom stereocenters. The molecule has 2 rings (SSSR count). The summed E-state index contributed by atoms with van der Waals surface area (Å²) in [6.45, 7) is 8.80. The Hall–Kier alpha value is -4.19. The van der Waals surface area contributed by atoms with Crippen LogP contribution in [0.25, 0.3) is 0 Å². The Balaban J connectivity index is 2.45. The molecule has 0 aliphatic carbocycles. The summed E-state index contributed by atoms with van der Waals surface area (Å²) in [4.78, 5) is 40.8. The number of hydrogen-bond donors (Lipinski definition) is 3. The molecule has 0 saturated heterocycles. The predicted molar refractivity (Wildman–Crippen MR) is 141 cm³/mol. The Bertz CT molecular complexity index is 1120. The number of terminal acetylenes is 1. The first kappa shape index (κ1) is 29.0. The highest BCUT2D eigenvalue weighted by Gasteiger charge is 2.37. The molecule has 37 heavy (non-hydrogen) atoms. The highest BCUT2D eigenvalue weighted by Crippen LogP contribution is 2.27. The second-order valence-corrected chi connectivity index (χ2v) is 9.56. The number of phenols is 1. The van der Waals surface area contributed by atoms with Crippen LogP contribution in [0, 0.1) is 18.4 Å². The maximum atomic E-state index is 13.8. The third-order valence-electron chi connectivity index (χ3n) is 5.60. The largest absolute Gasteiger partial charge is 0.508 e. The first-order valence-electron chi connectivity index (χ1n) is 11.9. The van der Waals surface area contributed by atoms with Crippen LogP contribution in [0.3, 0.4) is 0 Å². The number of aromatic hydroxyl groups is 1. The fourth-order valence-electron chi connectivity index (χ4n) is 3.49. The van der Waals surface area contributed by atoms with Gasteiger partial charge < -0.3 is 25.2 Å². The number of methoxy groups -OCH3 is 1. The molecule has 2 aromatic rings. The Morgan fingerprint density at radius 1 is 1.08 bits per heavy atom. The minimum atomic E-state index is -1.26. The molecule has 9 nitrogen and oxygen atoms in total. The molecule has 0 spiro atoms. The van der Waals surface area contributed by atoms with Crippen molar-refractivity contribution in [2.75, 3.05) is 12.4 Å². The predicted octanol–water partition coefficient (Wildman–Crippen LogP) is 4.44. The van der Waals surface area contributed by atoms with Crippen LogP contribution in [0.2, 0.25) is 0 Å². The van der Waals surface area contributed by atoms with E-state index in [9.17, 15) is 19.5 Å². The van der Waals surface area contributed by atoms with E-state index in [0.29, 0.717) is 23.4 Å². The number of nitrogens with zero attached hydrogens (tertiary/aromatic N) is 1. The number of phenolic OH excluding ortho intramolecular Hbond substituents is 1. The van der Waals surface area contributed by atoms with Crippen molar-refractivity contribution in [1.29, 1.82) is 0 Å². The average Bonchev–Trinajstić information content (AvgIpc) is 2.85. The van der Waals surface area contributed by atoms with Crippen LogP contribution in [-0.4, -0.2) is 46.7 Å². The average molecular weight is 510 g/mol. The summed E-state index contributed by atoms with van der Waals surface area (Å²) in [6.07, 6.45) is 5.56. The molecule has 0 bridgehead atoms. The van der Waals surface area contributed by atoms with E-state index in [1.807, 2.05) is 6.92 Å². The molecule has 2 aromatic carbocycles. The second-order valence-electron chi connectivity index (χ2n) is 9.56. The van der Waals surface area contributed by atoms with Crippen molar-refractivity contribution in [1.82, 2.24) is 10.2 Å². The van der Waals surface area contributed by atoms with Crippen LogP contribution in [-0.2, 0) is 14.3 Å². The van der Waals surface area contributed by atoms with E-state index in [1.165, 1.54) is 31.4 Å². The number of anilines is 1. The summed E-state index contributed by atoms with van der Waals surface area (Å²) in [5, 5.41) is 15.2. The molecule has 0 radical (unpaired) electrons. The topological polar surface area (TPSA) is 117 Å². The summed E-state index contributed by atoms with van der Waals surface area (Å²) >= 11 is 0. The van der Waals surface area contributed by atoms with E-state index in [0.717, 1.165) is 4.90 Å². The van der Waals surface area contributed by atoms with Crippen molar-refractivity contribution < 1.29 is 29.0 Å². The van der Waals surface area contributed by atoms with Gasteiger partial charge in [-0.1, -0.05) is 38.8 Å². The molecular formula is C28H35N3O6. The van der Waals surface area contributed by atoms with E-state index in [4.69, 9.17) is 15.9 Å². The third kappa shape index (κ3) is 8.17. The van der Waals surface area contributed by atoms with Crippen LogP contribution in [0.4, 0.5) is 10.5 Å². The summed E-state index contributed by atoms with van der Waals surface area (Å²) in [7, 11) is 1.53. The standard InChI is InChI=1S/C28H35N3O6/c1-8-18(3)23(30-27(35)37-28(4,5)6)26(34)31(9-2)24(19-10-14-21(32)15-11-19)25(33)29-20-12-16-22(36-7)17-13-20/h2,10-18,23-24,32H,8H2,1,3-7H3,(H,29,33)(H,30,35).